The van der Waals surface area contributed by atoms with Gasteiger partial charge in [0.05, 0.1) is 5.69 Å². The summed E-state index contributed by atoms with van der Waals surface area (Å²) < 4.78 is 13.4. The quantitative estimate of drug-likeness (QED) is 0.733. The number of carbonyl (C=O) groups is 1. The normalized spacial score (nSPS) is 13.3. The molecule has 0 bridgehead atoms. The van der Waals surface area contributed by atoms with Gasteiger partial charge < -0.3 is 10.6 Å². The van der Waals surface area contributed by atoms with Crippen LogP contribution >= 0.6 is 0 Å². The van der Waals surface area contributed by atoms with E-state index in [0.717, 1.165) is 18.5 Å². The Bertz CT molecular complexity index is 956. The van der Waals surface area contributed by atoms with Gasteiger partial charge in [-0.1, -0.05) is 18.2 Å². The van der Waals surface area contributed by atoms with Crippen molar-refractivity contribution < 1.29 is 9.18 Å². The lowest BCUT2D eigenvalue weighted by molar-refractivity contribution is 0.0951. The van der Waals surface area contributed by atoms with Crippen LogP contribution in [0.4, 0.5) is 15.9 Å². The first-order valence-electron chi connectivity index (χ1n) is 8.43. The lowest BCUT2D eigenvalue weighted by Gasteiger charge is -2.09. The zero-order valence-electron chi connectivity index (χ0n) is 13.9. The molecule has 1 aliphatic rings. The fourth-order valence-electron chi connectivity index (χ4n) is 2.61. The van der Waals surface area contributed by atoms with Crippen molar-refractivity contribution in [2.45, 2.75) is 18.9 Å². The van der Waals surface area contributed by atoms with Crippen LogP contribution in [0, 0.1) is 5.82 Å². The van der Waals surface area contributed by atoms with Crippen LogP contribution in [0.15, 0.2) is 60.9 Å². The van der Waals surface area contributed by atoms with Gasteiger partial charge in [-0.15, -0.1) is 0 Å². The number of hydrogen-bond donors (Lipinski definition) is 2. The van der Waals surface area contributed by atoms with Crippen molar-refractivity contribution >= 4 is 17.4 Å². The minimum atomic E-state index is -0.315. The first-order chi connectivity index (χ1) is 12.7. The fraction of sp³-hybridized carbons (Fsp3) is 0.150. The molecule has 0 radical (unpaired) electrons. The minimum Gasteiger partial charge on any atom is -0.349 e. The summed E-state index contributed by atoms with van der Waals surface area (Å²) in [6.45, 7) is 0. The number of benzene rings is 2. The summed E-state index contributed by atoms with van der Waals surface area (Å²) in [7, 11) is 0. The van der Waals surface area contributed by atoms with Crippen molar-refractivity contribution in [1.82, 2.24) is 15.3 Å². The molecule has 0 unspecified atom stereocenters. The predicted octanol–water partition coefficient (Wildman–Crippen LogP) is 3.92. The molecular weight excluding hydrogens is 331 g/mol. The maximum atomic E-state index is 13.4. The van der Waals surface area contributed by atoms with Gasteiger partial charge in [0.1, 0.15) is 18.0 Å². The highest BCUT2D eigenvalue weighted by Gasteiger charge is 2.23. The second-order valence-electron chi connectivity index (χ2n) is 6.25. The Morgan fingerprint density at radius 1 is 1.04 bits per heavy atom. The Morgan fingerprint density at radius 3 is 2.69 bits per heavy atom. The number of rotatable bonds is 5. The van der Waals surface area contributed by atoms with Crippen LogP contribution < -0.4 is 10.6 Å². The summed E-state index contributed by atoms with van der Waals surface area (Å²) in [6.07, 6.45) is 3.52. The summed E-state index contributed by atoms with van der Waals surface area (Å²) in [5, 5.41) is 6.14. The largest absolute Gasteiger partial charge is 0.349 e. The molecule has 1 heterocycles. The molecule has 4 rings (SSSR count). The first-order valence-corrected chi connectivity index (χ1v) is 8.43. The molecular formula is C20H17FN4O. The summed E-state index contributed by atoms with van der Waals surface area (Å²) in [6, 6.07) is 15.5. The zero-order chi connectivity index (χ0) is 17.9. The topological polar surface area (TPSA) is 66.9 Å². The van der Waals surface area contributed by atoms with Crippen molar-refractivity contribution in [2.75, 3.05) is 5.32 Å². The highest BCUT2D eigenvalue weighted by Crippen LogP contribution is 2.23. The first kappa shape index (κ1) is 16.2. The van der Waals surface area contributed by atoms with Gasteiger partial charge in [0, 0.05) is 28.9 Å². The van der Waals surface area contributed by atoms with E-state index in [0.29, 0.717) is 28.7 Å². The predicted molar refractivity (Wildman–Crippen MR) is 97.6 cm³/mol. The van der Waals surface area contributed by atoms with E-state index >= 15 is 0 Å². The molecule has 0 atom stereocenters. The average Bonchev–Trinajstić information content (AvgIpc) is 3.46. The van der Waals surface area contributed by atoms with Gasteiger partial charge in [0.2, 0.25) is 0 Å². The van der Waals surface area contributed by atoms with E-state index in [2.05, 4.69) is 20.6 Å². The maximum absolute atomic E-state index is 13.4. The van der Waals surface area contributed by atoms with Crippen molar-refractivity contribution in [3.63, 3.8) is 0 Å². The van der Waals surface area contributed by atoms with Crippen molar-refractivity contribution in [3.8, 4) is 11.3 Å². The van der Waals surface area contributed by atoms with Crippen LogP contribution in [-0.4, -0.2) is 21.9 Å². The van der Waals surface area contributed by atoms with Gasteiger partial charge in [0.15, 0.2) is 0 Å². The number of hydrogen-bond acceptors (Lipinski definition) is 4. The van der Waals surface area contributed by atoms with E-state index in [1.165, 1.54) is 18.5 Å². The number of carbonyl (C=O) groups excluding carboxylic acids is 1. The van der Waals surface area contributed by atoms with Crippen LogP contribution in [0.2, 0.25) is 0 Å². The smallest absolute Gasteiger partial charge is 0.251 e. The van der Waals surface area contributed by atoms with Crippen LogP contribution in [0.5, 0.6) is 0 Å². The SMILES string of the molecule is O=C(NC1CC1)c1cccc(Nc2cc(-c3cccc(F)c3)ncn2)c1. The Labute approximate surface area is 150 Å². The molecule has 26 heavy (non-hydrogen) atoms. The molecule has 0 spiro atoms. The highest BCUT2D eigenvalue weighted by molar-refractivity contribution is 5.95. The van der Waals surface area contributed by atoms with E-state index < -0.39 is 0 Å². The maximum Gasteiger partial charge on any atom is 0.251 e. The highest BCUT2D eigenvalue weighted by atomic mass is 19.1. The number of anilines is 2. The summed E-state index contributed by atoms with van der Waals surface area (Å²) >= 11 is 0. The van der Waals surface area contributed by atoms with E-state index in [1.54, 1.807) is 30.3 Å². The molecule has 1 saturated carbocycles. The van der Waals surface area contributed by atoms with Gasteiger partial charge >= 0.3 is 0 Å². The van der Waals surface area contributed by atoms with Crippen LogP contribution in [0.3, 0.4) is 0 Å². The molecule has 0 aliphatic heterocycles. The van der Waals surface area contributed by atoms with Gasteiger partial charge in [-0.3, -0.25) is 4.79 Å². The fourth-order valence-corrected chi connectivity index (χ4v) is 2.61. The minimum absolute atomic E-state index is 0.0701. The van der Waals surface area contributed by atoms with Crippen LogP contribution in [0.1, 0.15) is 23.2 Å². The third-order valence-electron chi connectivity index (χ3n) is 4.10. The molecule has 1 aliphatic carbocycles. The Morgan fingerprint density at radius 2 is 1.88 bits per heavy atom. The molecule has 130 valence electrons. The Hall–Kier alpha value is -3.28. The van der Waals surface area contributed by atoms with Crippen molar-refractivity contribution in [2.24, 2.45) is 0 Å². The number of aromatic nitrogens is 2. The second kappa shape index (κ2) is 6.92. The van der Waals surface area contributed by atoms with Crippen LogP contribution in [0.25, 0.3) is 11.3 Å². The summed E-state index contributed by atoms with van der Waals surface area (Å²) in [5.41, 5.74) is 2.64. The van der Waals surface area contributed by atoms with Gasteiger partial charge in [-0.25, -0.2) is 14.4 Å². The van der Waals surface area contributed by atoms with Gasteiger partial charge in [0.25, 0.3) is 5.91 Å². The third-order valence-corrected chi connectivity index (χ3v) is 4.10. The molecule has 3 aromatic rings. The average molecular weight is 348 g/mol. The summed E-state index contributed by atoms with van der Waals surface area (Å²) in [4.78, 5) is 20.6. The summed E-state index contributed by atoms with van der Waals surface area (Å²) in [5.74, 6) is 0.184. The third kappa shape index (κ3) is 3.85. The number of nitrogens with zero attached hydrogens (tertiary/aromatic N) is 2. The molecule has 1 fully saturated rings. The molecule has 1 aromatic heterocycles. The standard InChI is InChI=1S/C20H17FN4O/c21-15-5-1-3-13(9-15)18-11-19(23-12-22-18)24-17-6-2-4-14(10-17)20(26)25-16-7-8-16/h1-6,9-12,16H,7-8H2,(H,25,26)(H,22,23,24). The Balaban J connectivity index is 1.54. The monoisotopic (exact) mass is 348 g/mol. The lowest BCUT2D eigenvalue weighted by Crippen LogP contribution is -2.25. The number of nitrogens with one attached hydrogen (secondary N) is 2. The van der Waals surface area contributed by atoms with E-state index in [1.807, 2.05) is 12.1 Å². The van der Waals surface area contributed by atoms with Crippen molar-refractivity contribution in [1.29, 1.82) is 0 Å². The second-order valence-corrected chi connectivity index (χ2v) is 6.25. The van der Waals surface area contributed by atoms with Gasteiger partial charge in [-0.05, 0) is 43.2 Å². The molecule has 5 nitrogen and oxygen atoms in total. The molecule has 0 saturated heterocycles. The van der Waals surface area contributed by atoms with Gasteiger partial charge in [-0.2, -0.15) is 0 Å². The van der Waals surface area contributed by atoms with E-state index in [9.17, 15) is 9.18 Å². The Kier molecular flexibility index (Phi) is 4.31. The zero-order valence-corrected chi connectivity index (χ0v) is 13.9. The van der Waals surface area contributed by atoms with Crippen molar-refractivity contribution in [3.05, 3.63) is 72.3 Å². The molecule has 2 aromatic carbocycles. The number of halogens is 1. The molecule has 6 heteroatoms. The molecule has 2 N–H and O–H groups in total. The van der Waals surface area contributed by atoms with Crippen LogP contribution in [-0.2, 0) is 0 Å². The molecule has 1 amide bonds. The lowest BCUT2D eigenvalue weighted by atomic mass is 10.1. The van der Waals surface area contributed by atoms with E-state index in [-0.39, 0.29) is 11.7 Å². The number of amides is 1. The van der Waals surface area contributed by atoms with E-state index in [4.69, 9.17) is 0 Å².